The van der Waals surface area contributed by atoms with Gasteiger partial charge in [0.25, 0.3) is 0 Å². The molecule has 0 amide bonds. The molecule has 1 atom stereocenters. The first-order chi connectivity index (χ1) is 14.7. The first-order valence-electron chi connectivity index (χ1n) is 10.6. The van der Waals surface area contributed by atoms with Crippen molar-refractivity contribution in [3.63, 3.8) is 0 Å². The number of ether oxygens (including phenoxy) is 2. The second-order valence-corrected chi connectivity index (χ2v) is 8.67. The predicted octanol–water partition coefficient (Wildman–Crippen LogP) is 4.90. The van der Waals surface area contributed by atoms with Gasteiger partial charge in [-0.25, -0.2) is 0 Å². The molecule has 30 heavy (non-hydrogen) atoms. The molecule has 4 rings (SSSR count). The molecular formula is C24H31N3O2S. The second kappa shape index (κ2) is 9.58. The maximum atomic E-state index is 6.16. The van der Waals surface area contributed by atoms with Crippen molar-refractivity contribution in [1.82, 2.24) is 5.32 Å². The van der Waals surface area contributed by atoms with E-state index in [2.05, 4.69) is 58.2 Å². The van der Waals surface area contributed by atoms with Gasteiger partial charge in [-0.1, -0.05) is 6.07 Å². The average molecular weight is 426 g/mol. The molecule has 0 radical (unpaired) electrons. The number of anilines is 2. The Balaban J connectivity index is 1.40. The minimum atomic E-state index is 0.475. The highest BCUT2D eigenvalue weighted by molar-refractivity contribution is 7.17. The molecule has 1 unspecified atom stereocenters. The summed E-state index contributed by atoms with van der Waals surface area (Å²) in [6.45, 7) is 5.83. The molecule has 1 aromatic heterocycles. The van der Waals surface area contributed by atoms with E-state index in [0.717, 1.165) is 55.2 Å². The van der Waals surface area contributed by atoms with E-state index in [1.807, 2.05) is 24.5 Å². The molecule has 2 heterocycles. The maximum absolute atomic E-state index is 6.16. The van der Waals surface area contributed by atoms with Crippen LogP contribution in [0.25, 0.3) is 10.1 Å². The lowest BCUT2D eigenvalue weighted by atomic mass is 10.1. The van der Waals surface area contributed by atoms with Crippen molar-refractivity contribution < 1.29 is 9.47 Å². The number of methoxy groups -OCH3 is 1. The number of piperazine rings is 1. The quantitative estimate of drug-likeness (QED) is 0.503. The van der Waals surface area contributed by atoms with Crippen LogP contribution in [0, 0.1) is 6.92 Å². The van der Waals surface area contributed by atoms with Crippen LogP contribution in [-0.2, 0) is 0 Å². The van der Waals surface area contributed by atoms with E-state index >= 15 is 0 Å². The summed E-state index contributed by atoms with van der Waals surface area (Å²) < 4.78 is 13.1. The van der Waals surface area contributed by atoms with Crippen molar-refractivity contribution in [2.24, 2.45) is 0 Å². The van der Waals surface area contributed by atoms with Crippen LogP contribution in [-0.4, -0.2) is 46.4 Å². The van der Waals surface area contributed by atoms with Crippen molar-refractivity contribution in [1.29, 1.82) is 0 Å². The summed E-state index contributed by atoms with van der Waals surface area (Å²) in [5.41, 5.74) is 3.48. The number of thiophene rings is 1. The highest BCUT2D eigenvalue weighted by Crippen LogP contribution is 2.35. The van der Waals surface area contributed by atoms with E-state index in [4.69, 9.17) is 9.47 Å². The fraction of sp³-hybridized carbons (Fsp3) is 0.417. The van der Waals surface area contributed by atoms with Crippen molar-refractivity contribution in [3.05, 3.63) is 47.3 Å². The van der Waals surface area contributed by atoms with Crippen LogP contribution in [0.1, 0.15) is 18.4 Å². The molecular weight excluding hydrogens is 394 g/mol. The molecule has 1 aliphatic heterocycles. The molecule has 0 saturated carbocycles. The smallest absolute Gasteiger partial charge is 0.164 e. The minimum Gasteiger partial charge on any atom is -0.493 e. The third kappa shape index (κ3) is 4.35. The van der Waals surface area contributed by atoms with Gasteiger partial charge in [0.1, 0.15) is 0 Å². The molecule has 0 spiro atoms. The van der Waals surface area contributed by atoms with Crippen LogP contribution < -0.4 is 25.0 Å². The lowest BCUT2D eigenvalue weighted by molar-refractivity contribution is 0.277. The van der Waals surface area contributed by atoms with E-state index in [9.17, 15) is 0 Å². The largest absolute Gasteiger partial charge is 0.493 e. The molecule has 2 aromatic carbocycles. The van der Waals surface area contributed by atoms with E-state index in [1.54, 1.807) is 7.11 Å². The third-order valence-corrected chi connectivity index (χ3v) is 6.69. The standard InChI is InChI=1S/C24H31N3O2S/c1-17-14-18(25-2)15-22(28-3)24(17)29-12-5-6-19-16-26-10-11-27(19)21-7-4-8-23-20(21)9-13-30-23/h4,7-9,13-15,19,25-26H,5-6,10-12,16H2,1-3H3. The average Bonchev–Trinajstić information content (AvgIpc) is 3.26. The Kier molecular flexibility index (Phi) is 6.65. The number of rotatable bonds is 8. The molecule has 0 aliphatic carbocycles. The summed E-state index contributed by atoms with van der Waals surface area (Å²) in [6, 6.07) is 13.5. The van der Waals surface area contributed by atoms with Crippen molar-refractivity contribution >= 4 is 32.8 Å². The Hall–Kier alpha value is -2.44. The molecule has 3 aromatic rings. The molecule has 5 nitrogen and oxygen atoms in total. The van der Waals surface area contributed by atoms with E-state index in [0.29, 0.717) is 12.6 Å². The monoisotopic (exact) mass is 425 g/mol. The molecule has 1 saturated heterocycles. The number of nitrogens with zero attached hydrogens (tertiary/aromatic N) is 1. The number of aryl methyl sites for hydroxylation is 1. The molecule has 6 heteroatoms. The van der Waals surface area contributed by atoms with Gasteiger partial charge >= 0.3 is 0 Å². The molecule has 1 aliphatic rings. The van der Waals surface area contributed by atoms with Crippen molar-refractivity contribution in [3.8, 4) is 11.5 Å². The number of hydrogen-bond acceptors (Lipinski definition) is 6. The lowest BCUT2D eigenvalue weighted by Gasteiger charge is -2.38. The van der Waals surface area contributed by atoms with Crippen LogP contribution in [0.4, 0.5) is 11.4 Å². The van der Waals surface area contributed by atoms with Crippen LogP contribution in [0.2, 0.25) is 0 Å². The number of hydrogen-bond donors (Lipinski definition) is 2. The van der Waals surface area contributed by atoms with Crippen LogP contribution in [0.5, 0.6) is 11.5 Å². The molecule has 1 fully saturated rings. The first-order valence-corrected chi connectivity index (χ1v) is 11.5. The fourth-order valence-corrected chi connectivity index (χ4v) is 5.09. The van der Waals surface area contributed by atoms with Gasteiger partial charge in [-0.05, 0) is 55.0 Å². The number of benzene rings is 2. The topological polar surface area (TPSA) is 45.8 Å². The van der Waals surface area contributed by atoms with Gasteiger partial charge in [-0.3, -0.25) is 0 Å². The zero-order valence-electron chi connectivity index (χ0n) is 18.0. The Morgan fingerprint density at radius 1 is 1.27 bits per heavy atom. The van der Waals surface area contributed by atoms with Crippen molar-refractivity contribution in [2.75, 3.05) is 50.6 Å². The predicted molar refractivity (Wildman–Crippen MR) is 128 cm³/mol. The summed E-state index contributed by atoms with van der Waals surface area (Å²) in [6.07, 6.45) is 2.09. The zero-order valence-corrected chi connectivity index (χ0v) is 18.8. The lowest BCUT2D eigenvalue weighted by Crippen LogP contribution is -2.51. The zero-order chi connectivity index (χ0) is 20.9. The summed E-state index contributed by atoms with van der Waals surface area (Å²) in [5, 5.41) is 10.3. The highest BCUT2D eigenvalue weighted by atomic mass is 32.1. The summed E-state index contributed by atoms with van der Waals surface area (Å²) >= 11 is 1.81. The van der Waals surface area contributed by atoms with Gasteiger partial charge in [-0.15, -0.1) is 11.3 Å². The summed E-state index contributed by atoms with van der Waals surface area (Å²) in [7, 11) is 3.60. The SMILES string of the molecule is CNc1cc(C)c(OCCCC2CNCCN2c2cccc3sccc23)c(OC)c1. The van der Waals surface area contributed by atoms with Gasteiger partial charge < -0.3 is 25.0 Å². The van der Waals surface area contributed by atoms with Crippen LogP contribution >= 0.6 is 11.3 Å². The van der Waals surface area contributed by atoms with Gasteiger partial charge in [0, 0.05) is 60.3 Å². The van der Waals surface area contributed by atoms with Crippen LogP contribution in [0.15, 0.2) is 41.8 Å². The Morgan fingerprint density at radius 3 is 3.00 bits per heavy atom. The molecule has 2 N–H and O–H groups in total. The Labute approximate surface area is 183 Å². The highest BCUT2D eigenvalue weighted by Gasteiger charge is 2.23. The van der Waals surface area contributed by atoms with Gasteiger partial charge in [0.2, 0.25) is 0 Å². The second-order valence-electron chi connectivity index (χ2n) is 7.73. The summed E-state index contributed by atoms with van der Waals surface area (Å²) in [5.74, 6) is 1.63. The van der Waals surface area contributed by atoms with E-state index < -0.39 is 0 Å². The number of nitrogens with one attached hydrogen (secondary N) is 2. The van der Waals surface area contributed by atoms with Crippen molar-refractivity contribution in [2.45, 2.75) is 25.8 Å². The molecule has 0 bridgehead atoms. The van der Waals surface area contributed by atoms with E-state index in [-0.39, 0.29) is 0 Å². The van der Waals surface area contributed by atoms with Crippen LogP contribution in [0.3, 0.4) is 0 Å². The Morgan fingerprint density at radius 2 is 2.17 bits per heavy atom. The third-order valence-electron chi connectivity index (χ3n) is 5.81. The Bertz CT molecular complexity index is 988. The van der Waals surface area contributed by atoms with E-state index in [1.165, 1.54) is 15.8 Å². The summed E-state index contributed by atoms with van der Waals surface area (Å²) in [4.78, 5) is 2.58. The first kappa shape index (κ1) is 20.8. The van der Waals surface area contributed by atoms with Gasteiger partial charge in [-0.2, -0.15) is 0 Å². The van der Waals surface area contributed by atoms with Gasteiger partial charge in [0.15, 0.2) is 11.5 Å². The normalized spacial score (nSPS) is 16.6. The van der Waals surface area contributed by atoms with Gasteiger partial charge in [0.05, 0.1) is 13.7 Å². The fourth-order valence-electron chi connectivity index (χ4n) is 4.28. The minimum absolute atomic E-state index is 0.475. The molecule has 160 valence electrons. The maximum Gasteiger partial charge on any atom is 0.164 e. The number of fused-ring (bicyclic) bond motifs is 1.